The molecule has 0 heterocycles. The molecule has 0 radical (unpaired) electrons. The Morgan fingerprint density at radius 3 is 2.42 bits per heavy atom. The van der Waals surface area contributed by atoms with Crippen LogP contribution in [0.25, 0.3) is 0 Å². The molecule has 12 heavy (non-hydrogen) atoms. The number of ether oxygens (including phenoxy) is 1. The minimum atomic E-state index is -0.521. The zero-order chi connectivity index (χ0) is 9.35. The van der Waals surface area contributed by atoms with Gasteiger partial charge >= 0.3 is 5.97 Å². The van der Waals surface area contributed by atoms with E-state index in [1.165, 1.54) is 7.11 Å². The molecule has 1 N–H and O–H groups in total. The van der Waals surface area contributed by atoms with E-state index in [0.29, 0.717) is 6.42 Å². The first kappa shape index (κ1) is 9.52. The first-order valence-corrected chi connectivity index (χ1v) is 4.22. The van der Waals surface area contributed by atoms with Crippen molar-refractivity contribution in [1.82, 2.24) is 0 Å². The molecule has 1 aliphatic rings. The van der Waals surface area contributed by atoms with Crippen LogP contribution in [0.5, 0.6) is 0 Å². The van der Waals surface area contributed by atoms with E-state index in [-0.39, 0.29) is 17.3 Å². The molecule has 0 aromatic heterocycles. The Kier molecular flexibility index (Phi) is 2.42. The van der Waals surface area contributed by atoms with Gasteiger partial charge in [0.15, 0.2) is 0 Å². The monoisotopic (exact) mass is 172 g/mol. The smallest absolute Gasteiger partial charge is 0.311 e. The second-order valence-electron chi connectivity index (χ2n) is 4.27. The molecule has 70 valence electrons. The number of methoxy groups -OCH3 is 1. The minimum absolute atomic E-state index is 0.0677. The number of carbonyl (C=O) groups excluding carboxylic acids is 1. The quantitative estimate of drug-likeness (QED) is 0.599. The third kappa shape index (κ3) is 1.78. The predicted molar refractivity (Wildman–Crippen MR) is 44.5 cm³/mol. The molecule has 0 bridgehead atoms. The summed E-state index contributed by atoms with van der Waals surface area (Å²) < 4.78 is 4.60. The van der Waals surface area contributed by atoms with Crippen molar-refractivity contribution in [1.29, 1.82) is 0 Å². The van der Waals surface area contributed by atoms with Crippen molar-refractivity contribution >= 4 is 5.97 Å². The molecule has 1 fully saturated rings. The van der Waals surface area contributed by atoms with Crippen molar-refractivity contribution in [2.75, 3.05) is 7.11 Å². The zero-order valence-corrected chi connectivity index (χ0v) is 7.83. The van der Waals surface area contributed by atoms with Gasteiger partial charge in [-0.2, -0.15) is 0 Å². The van der Waals surface area contributed by atoms with Crippen molar-refractivity contribution in [2.24, 2.45) is 11.3 Å². The van der Waals surface area contributed by atoms with Crippen molar-refractivity contribution in [3.8, 4) is 0 Å². The van der Waals surface area contributed by atoms with Crippen LogP contribution >= 0.6 is 0 Å². The Morgan fingerprint density at radius 1 is 1.50 bits per heavy atom. The topological polar surface area (TPSA) is 46.5 Å². The zero-order valence-electron chi connectivity index (χ0n) is 7.83. The van der Waals surface area contributed by atoms with Gasteiger partial charge < -0.3 is 9.84 Å². The average molecular weight is 172 g/mol. The highest BCUT2D eigenvalue weighted by molar-refractivity contribution is 5.73. The Labute approximate surface area is 72.7 Å². The number of hydrogen-bond donors (Lipinski definition) is 1. The highest BCUT2D eigenvalue weighted by Crippen LogP contribution is 2.41. The van der Waals surface area contributed by atoms with Crippen LogP contribution in [0.4, 0.5) is 0 Å². The van der Waals surface area contributed by atoms with E-state index < -0.39 is 6.10 Å². The molecule has 0 saturated heterocycles. The maximum Gasteiger partial charge on any atom is 0.311 e. The maximum absolute atomic E-state index is 11.1. The minimum Gasteiger partial charge on any atom is -0.469 e. The molecule has 1 aliphatic carbocycles. The lowest BCUT2D eigenvalue weighted by atomic mass is 9.91. The van der Waals surface area contributed by atoms with Gasteiger partial charge in [-0.25, -0.2) is 0 Å². The molecular formula is C9H16O3. The SMILES string of the molecule is COC(=O)[C@@H]1CC(C)(C)C[C@H]1O. The Morgan fingerprint density at radius 2 is 2.08 bits per heavy atom. The van der Waals surface area contributed by atoms with Crippen LogP contribution in [-0.2, 0) is 9.53 Å². The molecule has 1 saturated carbocycles. The van der Waals surface area contributed by atoms with Crippen LogP contribution < -0.4 is 0 Å². The van der Waals surface area contributed by atoms with E-state index in [2.05, 4.69) is 18.6 Å². The summed E-state index contributed by atoms with van der Waals surface area (Å²) in [7, 11) is 1.36. The van der Waals surface area contributed by atoms with Crippen LogP contribution in [0.3, 0.4) is 0 Å². The highest BCUT2D eigenvalue weighted by atomic mass is 16.5. The molecule has 1 rings (SSSR count). The summed E-state index contributed by atoms with van der Waals surface area (Å²) >= 11 is 0. The van der Waals surface area contributed by atoms with Gasteiger partial charge in [-0.3, -0.25) is 4.79 Å². The summed E-state index contributed by atoms with van der Waals surface area (Å²) in [5.41, 5.74) is 0.0677. The molecule has 0 unspecified atom stereocenters. The van der Waals surface area contributed by atoms with Gasteiger partial charge in [-0.15, -0.1) is 0 Å². The van der Waals surface area contributed by atoms with Gasteiger partial charge in [-0.05, 0) is 18.3 Å². The predicted octanol–water partition coefficient (Wildman–Crippen LogP) is 0.956. The van der Waals surface area contributed by atoms with Gasteiger partial charge in [0.25, 0.3) is 0 Å². The fraction of sp³-hybridized carbons (Fsp3) is 0.889. The summed E-state index contributed by atoms with van der Waals surface area (Å²) in [4.78, 5) is 11.1. The maximum atomic E-state index is 11.1. The standard InChI is InChI=1S/C9H16O3/c1-9(2)4-6(7(10)5-9)8(11)12-3/h6-7,10H,4-5H2,1-3H3/t6-,7-/m1/s1. The van der Waals surface area contributed by atoms with Gasteiger partial charge in [0.1, 0.15) is 0 Å². The number of aliphatic hydroxyl groups is 1. The average Bonchev–Trinajstić information content (AvgIpc) is 2.23. The summed E-state index contributed by atoms with van der Waals surface area (Å²) in [6.45, 7) is 4.11. The number of rotatable bonds is 1. The third-order valence-electron chi connectivity index (χ3n) is 2.50. The van der Waals surface area contributed by atoms with E-state index in [9.17, 15) is 9.90 Å². The molecule has 0 aromatic carbocycles. The second-order valence-corrected chi connectivity index (χ2v) is 4.27. The summed E-state index contributed by atoms with van der Waals surface area (Å²) in [5, 5.41) is 9.53. The normalized spacial score (nSPS) is 33.3. The molecule has 0 aromatic rings. The molecule has 0 spiro atoms. The van der Waals surface area contributed by atoms with Gasteiger partial charge in [0.05, 0.1) is 19.1 Å². The summed E-state index contributed by atoms with van der Waals surface area (Å²) in [6, 6.07) is 0. The molecule has 3 nitrogen and oxygen atoms in total. The first-order chi connectivity index (χ1) is 5.46. The van der Waals surface area contributed by atoms with Crippen molar-refractivity contribution in [3.05, 3.63) is 0 Å². The molecule has 2 atom stereocenters. The molecule has 0 aliphatic heterocycles. The fourth-order valence-corrected chi connectivity index (χ4v) is 1.91. The van der Waals surface area contributed by atoms with Crippen molar-refractivity contribution in [2.45, 2.75) is 32.8 Å². The van der Waals surface area contributed by atoms with Crippen molar-refractivity contribution in [3.63, 3.8) is 0 Å². The summed E-state index contributed by atoms with van der Waals surface area (Å²) in [6.07, 6.45) is 0.889. The number of esters is 1. The van der Waals surface area contributed by atoms with Gasteiger partial charge in [0.2, 0.25) is 0 Å². The third-order valence-corrected chi connectivity index (χ3v) is 2.50. The van der Waals surface area contributed by atoms with E-state index >= 15 is 0 Å². The highest BCUT2D eigenvalue weighted by Gasteiger charge is 2.42. The fourth-order valence-electron chi connectivity index (χ4n) is 1.91. The molecular weight excluding hydrogens is 156 g/mol. The van der Waals surface area contributed by atoms with Gasteiger partial charge in [0, 0.05) is 0 Å². The van der Waals surface area contributed by atoms with Crippen LogP contribution in [0.1, 0.15) is 26.7 Å². The van der Waals surface area contributed by atoms with Crippen molar-refractivity contribution < 1.29 is 14.6 Å². The first-order valence-electron chi connectivity index (χ1n) is 4.22. The Bertz CT molecular complexity index is 186. The van der Waals surface area contributed by atoms with Crippen LogP contribution in [0, 0.1) is 11.3 Å². The van der Waals surface area contributed by atoms with E-state index in [1.54, 1.807) is 0 Å². The van der Waals surface area contributed by atoms with Crippen LogP contribution in [0.15, 0.2) is 0 Å². The van der Waals surface area contributed by atoms with Gasteiger partial charge in [-0.1, -0.05) is 13.8 Å². The Hall–Kier alpha value is -0.570. The molecule has 3 heteroatoms. The lowest BCUT2D eigenvalue weighted by molar-refractivity contribution is -0.148. The summed E-state index contributed by atoms with van der Waals surface area (Å²) in [5.74, 6) is -0.599. The van der Waals surface area contributed by atoms with E-state index in [1.807, 2.05) is 0 Å². The largest absolute Gasteiger partial charge is 0.469 e. The van der Waals surface area contributed by atoms with E-state index in [4.69, 9.17) is 0 Å². The van der Waals surface area contributed by atoms with E-state index in [0.717, 1.165) is 6.42 Å². The number of aliphatic hydroxyl groups excluding tert-OH is 1. The number of hydrogen-bond acceptors (Lipinski definition) is 3. The molecule has 0 amide bonds. The van der Waals surface area contributed by atoms with Crippen LogP contribution in [-0.4, -0.2) is 24.3 Å². The van der Waals surface area contributed by atoms with Crippen LogP contribution in [0.2, 0.25) is 0 Å². The lowest BCUT2D eigenvalue weighted by Crippen LogP contribution is -2.23. The lowest BCUT2D eigenvalue weighted by Gasteiger charge is -2.15. The number of carbonyl (C=O) groups is 1. The Balaban J connectivity index is 2.64. The second kappa shape index (κ2) is 3.05.